The summed E-state index contributed by atoms with van der Waals surface area (Å²) in [5.41, 5.74) is 1.07. The molecule has 1 aliphatic carbocycles. The fourth-order valence-corrected chi connectivity index (χ4v) is 8.34. The Kier molecular flexibility index (Phi) is 7.02. The molecule has 1 saturated carbocycles. The van der Waals surface area contributed by atoms with Gasteiger partial charge in [-0.15, -0.1) is 11.3 Å². The van der Waals surface area contributed by atoms with Crippen LogP contribution in [0.15, 0.2) is 24.3 Å². The number of carbonyl (C=O) groups excluding carboxylic acids is 1. The maximum absolute atomic E-state index is 13.4. The molecule has 0 N–H and O–H groups in total. The Morgan fingerprint density at radius 2 is 1.73 bits per heavy atom. The van der Waals surface area contributed by atoms with Gasteiger partial charge in [-0.2, -0.15) is 0 Å². The normalized spacial score (nSPS) is 24.9. The number of fused-ring (bicyclic) bond motifs is 1. The molecular weight excluding hydrogens is 456 g/mol. The first kappa shape index (κ1) is 23.2. The van der Waals surface area contributed by atoms with Gasteiger partial charge in [0.1, 0.15) is 5.01 Å². The van der Waals surface area contributed by atoms with Crippen LogP contribution in [0.3, 0.4) is 0 Å². The summed E-state index contributed by atoms with van der Waals surface area (Å²) < 4.78 is 25.5. The smallest absolute Gasteiger partial charge is 0.237 e. The van der Waals surface area contributed by atoms with Gasteiger partial charge < -0.3 is 4.90 Å². The van der Waals surface area contributed by atoms with Crippen molar-refractivity contribution in [3.63, 3.8) is 0 Å². The van der Waals surface area contributed by atoms with E-state index in [1.165, 1.54) is 11.1 Å². The second kappa shape index (κ2) is 9.98. The zero-order valence-electron chi connectivity index (χ0n) is 19.2. The van der Waals surface area contributed by atoms with E-state index >= 15 is 0 Å². The molecule has 3 aliphatic rings. The summed E-state index contributed by atoms with van der Waals surface area (Å²) in [6.45, 7) is 4.82. The summed E-state index contributed by atoms with van der Waals surface area (Å²) in [5.74, 6) is 0.493. The Labute approximate surface area is 200 Å². The molecule has 1 atom stereocenters. The monoisotopic (exact) mass is 490 g/mol. The third kappa shape index (κ3) is 5.58. The van der Waals surface area contributed by atoms with Crippen molar-refractivity contribution in [2.24, 2.45) is 0 Å². The number of carbonyl (C=O) groups is 1. The van der Waals surface area contributed by atoms with Gasteiger partial charge >= 0.3 is 0 Å². The van der Waals surface area contributed by atoms with Gasteiger partial charge in [-0.05, 0) is 31.4 Å². The lowest BCUT2D eigenvalue weighted by atomic mass is 9.92. The highest BCUT2D eigenvalue weighted by Gasteiger charge is 2.39. The van der Waals surface area contributed by atoms with Crippen molar-refractivity contribution in [1.82, 2.24) is 19.7 Å². The van der Waals surface area contributed by atoms with Crippen LogP contribution in [0, 0.1) is 0 Å². The van der Waals surface area contributed by atoms with Gasteiger partial charge in [0.15, 0.2) is 9.84 Å². The number of piperazine rings is 1. The number of thiazole rings is 1. The van der Waals surface area contributed by atoms with E-state index in [0.29, 0.717) is 13.0 Å². The van der Waals surface area contributed by atoms with Crippen LogP contribution in [-0.2, 0) is 21.2 Å². The highest BCUT2D eigenvalue weighted by molar-refractivity contribution is 7.91. The zero-order valence-corrected chi connectivity index (χ0v) is 20.8. The second-order valence-electron chi connectivity index (χ2n) is 9.78. The van der Waals surface area contributed by atoms with E-state index in [-0.39, 0.29) is 29.5 Å². The number of para-hydroxylation sites is 1. The van der Waals surface area contributed by atoms with Crippen LogP contribution in [0.1, 0.15) is 43.5 Å². The topological polar surface area (TPSA) is 73.8 Å². The molecule has 0 spiro atoms. The summed E-state index contributed by atoms with van der Waals surface area (Å²) in [7, 11) is -3.01. The van der Waals surface area contributed by atoms with Crippen molar-refractivity contribution >= 4 is 37.3 Å². The van der Waals surface area contributed by atoms with Crippen LogP contribution in [-0.4, -0.2) is 90.3 Å². The average Bonchev–Trinajstić information content (AvgIpc) is 3.38. The van der Waals surface area contributed by atoms with Gasteiger partial charge in [0.05, 0.1) is 34.8 Å². The lowest BCUT2D eigenvalue weighted by molar-refractivity contribution is -0.138. The Morgan fingerprint density at radius 3 is 2.42 bits per heavy atom. The molecule has 1 aromatic carbocycles. The Bertz CT molecular complexity index is 1040. The summed E-state index contributed by atoms with van der Waals surface area (Å²) in [5, 5.41) is 1.15. The van der Waals surface area contributed by atoms with Crippen LogP contribution in [0.4, 0.5) is 0 Å². The number of hydrogen-bond donors (Lipinski definition) is 0. The SMILES string of the molecule is O=C(CN1CCN(Cc2nc3ccccc3s2)CC1)N(C1CCCCC1)[C@@H]1CCS(=O)(=O)C1. The number of rotatable bonds is 6. The minimum absolute atomic E-state index is 0.128. The van der Waals surface area contributed by atoms with Crippen molar-refractivity contribution in [2.45, 2.75) is 57.2 Å². The molecule has 0 radical (unpaired) electrons. The summed E-state index contributed by atoms with van der Waals surface area (Å²) in [6, 6.07) is 8.34. The molecule has 2 aliphatic heterocycles. The third-order valence-corrected chi connectivity index (χ3v) is 10.2. The summed E-state index contributed by atoms with van der Waals surface area (Å²) >= 11 is 1.76. The number of benzene rings is 1. The first-order valence-corrected chi connectivity index (χ1v) is 14.9. The fourth-order valence-electron chi connectivity index (χ4n) is 5.62. The fraction of sp³-hybridized carbons (Fsp3) is 0.667. The molecular formula is C24H34N4O3S2. The van der Waals surface area contributed by atoms with E-state index in [0.717, 1.165) is 68.9 Å². The molecule has 2 saturated heterocycles. The highest BCUT2D eigenvalue weighted by Crippen LogP contribution is 2.29. The van der Waals surface area contributed by atoms with Crippen molar-refractivity contribution in [3.8, 4) is 0 Å². The number of aromatic nitrogens is 1. The average molecular weight is 491 g/mol. The second-order valence-corrected chi connectivity index (χ2v) is 13.1. The lowest BCUT2D eigenvalue weighted by Gasteiger charge is -2.40. The van der Waals surface area contributed by atoms with Gasteiger partial charge in [-0.1, -0.05) is 31.4 Å². The van der Waals surface area contributed by atoms with E-state index in [1.54, 1.807) is 11.3 Å². The lowest BCUT2D eigenvalue weighted by Crippen LogP contribution is -2.54. The van der Waals surface area contributed by atoms with Crippen molar-refractivity contribution in [2.75, 3.05) is 44.2 Å². The molecule has 5 rings (SSSR count). The molecule has 9 heteroatoms. The Hall–Kier alpha value is -1.55. The molecule has 0 unspecified atom stereocenters. The number of sulfone groups is 1. The Morgan fingerprint density at radius 1 is 1.00 bits per heavy atom. The van der Waals surface area contributed by atoms with E-state index in [1.807, 2.05) is 11.0 Å². The molecule has 7 nitrogen and oxygen atoms in total. The van der Waals surface area contributed by atoms with Crippen molar-refractivity contribution < 1.29 is 13.2 Å². The highest BCUT2D eigenvalue weighted by atomic mass is 32.2. The third-order valence-electron chi connectivity index (χ3n) is 7.38. The number of nitrogens with zero attached hydrogens (tertiary/aromatic N) is 4. The van der Waals surface area contributed by atoms with E-state index in [2.05, 4.69) is 28.0 Å². The van der Waals surface area contributed by atoms with Crippen LogP contribution >= 0.6 is 11.3 Å². The largest absolute Gasteiger partial charge is 0.335 e. The van der Waals surface area contributed by atoms with Gasteiger partial charge in [0.25, 0.3) is 0 Å². The molecule has 1 aromatic heterocycles. The van der Waals surface area contributed by atoms with E-state index in [9.17, 15) is 13.2 Å². The molecule has 33 heavy (non-hydrogen) atoms. The van der Waals surface area contributed by atoms with Gasteiger partial charge in [0.2, 0.25) is 5.91 Å². The minimum atomic E-state index is -3.01. The molecule has 3 fully saturated rings. The maximum Gasteiger partial charge on any atom is 0.237 e. The quantitative estimate of drug-likeness (QED) is 0.620. The van der Waals surface area contributed by atoms with Gasteiger partial charge in [0, 0.05) is 38.3 Å². The van der Waals surface area contributed by atoms with Crippen LogP contribution in [0.25, 0.3) is 10.2 Å². The summed E-state index contributed by atoms with van der Waals surface area (Å²) in [4.78, 5) is 24.9. The molecule has 1 amide bonds. The standard InChI is InChI=1S/C24H34N4O3S2/c29-24(28(19-6-2-1-3-7-19)20-10-15-33(30,31)18-20)17-27-13-11-26(12-14-27)16-23-25-21-8-4-5-9-22(21)32-23/h4-5,8-9,19-20H,1-3,6-7,10-18H2/t20-/m1/s1. The first-order valence-electron chi connectivity index (χ1n) is 12.3. The summed E-state index contributed by atoms with van der Waals surface area (Å²) in [6.07, 6.45) is 6.12. The molecule has 2 aromatic rings. The van der Waals surface area contributed by atoms with Gasteiger partial charge in [-0.3, -0.25) is 14.6 Å². The van der Waals surface area contributed by atoms with Crippen LogP contribution < -0.4 is 0 Å². The molecule has 0 bridgehead atoms. The number of hydrogen-bond acceptors (Lipinski definition) is 7. The minimum Gasteiger partial charge on any atom is -0.335 e. The Balaban J connectivity index is 1.17. The van der Waals surface area contributed by atoms with E-state index < -0.39 is 9.84 Å². The zero-order chi connectivity index (χ0) is 22.8. The molecule has 180 valence electrons. The number of amides is 1. The van der Waals surface area contributed by atoms with Crippen molar-refractivity contribution in [3.05, 3.63) is 29.3 Å². The maximum atomic E-state index is 13.4. The first-order chi connectivity index (χ1) is 16.0. The molecule has 3 heterocycles. The van der Waals surface area contributed by atoms with E-state index in [4.69, 9.17) is 4.98 Å². The van der Waals surface area contributed by atoms with Crippen LogP contribution in [0.2, 0.25) is 0 Å². The predicted octanol–water partition coefficient (Wildman–Crippen LogP) is 2.76. The predicted molar refractivity (Wildman–Crippen MR) is 132 cm³/mol. The van der Waals surface area contributed by atoms with Gasteiger partial charge in [-0.25, -0.2) is 13.4 Å². The van der Waals surface area contributed by atoms with Crippen molar-refractivity contribution in [1.29, 1.82) is 0 Å². The van der Waals surface area contributed by atoms with Crippen LogP contribution in [0.5, 0.6) is 0 Å².